The molecule has 5 rings (SSSR count). The first-order valence-electron chi connectivity index (χ1n) is 12.7. The molecule has 8 heteroatoms. The van der Waals surface area contributed by atoms with Crippen LogP contribution >= 0.6 is 0 Å². The summed E-state index contributed by atoms with van der Waals surface area (Å²) in [5.74, 6) is -3.34. The topological polar surface area (TPSA) is 91.8 Å². The molecule has 36 heavy (non-hydrogen) atoms. The molecule has 0 radical (unpaired) electrons. The third kappa shape index (κ3) is 3.57. The van der Waals surface area contributed by atoms with Crippen LogP contribution in [0.4, 0.5) is 0 Å². The quantitative estimate of drug-likeness (QED) is 0.575. The Kier molecular flexibility index (Phi) is 6.16. The van der Waals surface area contributed by atoms with Crippen LogP contribution in [-0.4, -0.2) is 47.8 Å². The fraction of sp³-hybridized carbons (Fsp3) is 0.464. The molecule has 1 aliphatic carbocycles. The van der Waals surface area contributed by atoms with Crippen molar-refractivity contribution in [1.82, 2.24) is 9.21 Å². The van der Waals surface area contributed by atoms with Crippen LogP contribution in [-0.2, 0) is 24.4 Å². The Morgan fingerprint density at radius 2 is 1.42 bits per heavy atom. The molecular formula is C28H32N2O5S. The maximum Gasteiger partial charge on any atom is 0.243 e. The normalized spacial score (nSPS) is 30.6. The minimum absolute atomic E-state index is 0.0237. The third-order valence-electron chi connectivity index (χ3n) is 8.33. The number of Topliss-reactive ketones (excluding diaryl/α,β-unsaturated/α-hetero) is 1. The van der Waals surface area contributed by atoms with Gasteiger partial charge in [0.2, 0.25) is 21.8 Å². The molecule has 0 spiro atoms. The molecule has 2 aliphatic heterocycles. The average Bonchev–Trinajstić information content (AvgIpc) is 3.32. The molecule has 3 aliphatic rings. The van der Waals surface area contributed by atoms with Gasteiger partial charge >= 0.3 is 0 Å². The van der Waals surface area contributed by atoms with Gasteiger partial charge in [0.15, 0.2) is 0 Å². The predicted octanol–water partition coefficient (Wildman–Crippen LogP) is 3.65. The minimum atomic E-state index is -4.01. The molecule has 0 bridgehead atoms. The van der Waals surface area contributed by atoms with E-state index in [2.05, 4.69) is 0 Å². The SMILES string of the molecule is CC[C@@H]1[C@H]2C3C(=O)N(CC)C(=O)C3CC(=O)[C@H]2[C@H](c2ccc(C)cc2)N1S(=O)(=O)c1ccc(C)cc1. The third-order valence-corrected chi connectivity index (χ3v) is 10.2. The van der Waals surface area contributed by atoms with Gasteiger partial charge in [-0.25, -0.2) is 8.42 Å². The van der Waals surface area contributed by atoms with Gasteiger partial charge in [0.05, 0.1) is 22.8 Å². The first-order chi connectivity index (χ1) is 17.1. The molecule has 190 valence electrons. The van der Waals surface area contributed by atoms with Gasteiger partial charge in [-0.1, -0.05) is 54.4 Å². The number of hydrogen-bond donors (Lipinski definition) is 0. The second kappa shape index (κ2) is 8.92. The number of benzene rings is 2. The Hall–Kier alpha value is -2.84. The molecule has 2 heterocycles. The monoisotopic (exact) mass is 508 g/mol. The van der Waals surface area contributed by atoms with Crippen LogP contribution in [0.3, 0.4) is 0 Å². The standard InChI is InChI=1S/C28H32N2O5S/c1-5-21-24-23-20(27(32)29(6-2)28(23)33)15-22(31)25(24)26(18-11-7-16(3)8-12-18)30(21)36(34,35)19-13-9-17(4)10-14-19/h7-14,20-21,23-26H,5-6,15H2,1-4H3/t20?,21-,23?,24+,25-,26+/m1/s1. The highest BCUT2D eigenvalue weighted by Gasteiger charge is 2.66. The van der Waals surface area contributed by atoms with Crippen molar-refractivity contribution in [2.45, 2.75) is 57.5 Å². The highest BCUT2D eigenvalue weighted by molar-refractivity contribution is 7.89. The first kappa shape index (κ1) is 24.8. The highest BCUT2D eigenvalue weighted by atomic mass is 32.2. The number of hydrogen-bond acceptors (Lipinski definition) is 5. The summed E-state index contributed by atoms with van der Waals surface area (Å²) in [4.78, 5) is 41.7. The number of sulfonamides is 1. The van der Waals surface area contributed by atoms with Crippen molar-refractivity contribution in [3.05, 3.63) is 65.2 Å². The second-order valence-corrected chi connectivity index (χ2v) is 12.1. The molecule has 7 nitrogen and oxygen atoms in total. The lowest BCUT2D eigenvalue weighted by Gasteiger charge is -2.35. The van der Waals surface area contributed by atoms with E-state index in [0.29, 0.717) is 6.42 Å². The minimum Gasteiger partial charge on any atom is -0.299 e. The maximum absolute atomic E-state index is 14.2. The van der Waals surface area contributed by atoms with Crippen LogP contribution < -0.4 is 0 Å². The van der Waals surface area contributed by atoms with Crippen molar-refractivity contribution in [3.8, 4) is 0 Å². The summed E-state index contributed by atoms with van der Waals surface area (Å²) in [5.41, 5.74) is 2.70. The summed E-state index contributed by atoms with van der Waals surface area (Å²) in [6.45, 7) is 7.74. The van der Waals surface area contributed by atoms with Gasteiger partial charge < -0.3 is 0 Å². The van der Waals surface area contributed by atoms with Gasteiger partial charge in [-0.15, -0.1) is 0 Å². The van der Waals surface area contributed by atoms with Crippen molar-refractivity contribution in [2.24, 2.45) is 23.7 Å². The number of aryl methyl sites for hydroxylation is 2. The lowest BCUT2D eigenvalue weighted by molar-refractivity contribution is -0.140. The Labute approximate surface area is 212 Å². The summed E-state index contributed by atoms with van der Waals surface area (Å²) in [5, 5.41) is 0. The lowest BCUT2D eigenvalue weighted by Crippen LogP contribution is -2.45. The number of rotatable bonds is 5. The van der Waals surface area contributed by atoms with Crippen molar-refractivity contribution in [2.75, 3.05) is 6.54 Å². The summed E-state index contributed by atoms with van der Waals surface area (Å²) in [7, 11) is -4.01. The number of imide groups is 1. The highest BCUT2D eigenvalue weighted by Crippen LogP contribution is 2.57. The molecular weight excluding hydrogens is 476 g/mol. The van der Waals surface area contributed by atoms with Crippen molar-refractivity contribution in [1.29, 1.82) is 0 Å². The molecule has 0 N–H and O–H groups in total. The molecule has 2 unspecified atom stereocenters. The van der Waals surface area contributed by atoms with E-state index in [-0.39, 0.29) is 35.5 Å². The van der Waals surface area contributed by atoms with Crippen molar-refractivity contribution >= 4 is 27.6 Å². The summed E-state index contributed by atoms with van der Waals surface area (Å²) in [6.07, 6.45) is 0.406. The van der Waals surface area contributed by atoms with E-state index in [4.69, 9.17) is 0 Å². The number of fused-ring (bicyclic) bond motifs is 3. The lowest BCUT2D eigenvalue weighted by atomic mass is 9.64. The molecule has 2 amide bonds. The summed E-state index contributed by atoms with van der Waals surface area (Å²) >= 11 is 0. The van der Waals surface area contributed by atoms with Gasteiger partial charge in [-0.05, 0) is 50.8 Å². The second-order valence-electron chi connectivity index (χ2n) is 10.3. The van der Waals surface area contributed by atoms with Crippen molar-refractivity contribution in [3.63, 3.8) is 0 Å². The zero-order chi connectivity index (χ0) is 25.9. The Morgan fingerprint density at radius 3 is 1.97 bits per heavy atom. The van der Waals surface area contributed by atoms with Gasteiger partial charge in [-0.3, -0.25) is 19.3 Å². The van der Waals surface area contributed by atoms with E-state index in [1.807, 2.05) is 45.0 Å². The molecule has 1 saturated carbocycles. The van der Waals surface area contributed by atoms with E-state index in [9.17, 15) is 22.8 Å². The Bertz CT molecular complexity index is 1320. The van der Waals surface area contributed by atoms with Crippen LogP contribution in [0, 0.1) is 37.5 Å². The van der Waals surface area contributed by atoms with Gasteiger partial charge in [0.25, 0.3) is 0 Å². The molecule has 0 aromatic heterocycles. The van der Waals surface area contributed by atoms with E-state index in [1.54, 1.807) is 31.2 Å². The fourth-order valence-corrected chi connectivity index (χ4v) is 8.61. The van der Waals surface area contributed by atoms with Crippen molar-refractivity contribution < 1.29 is 22.8 Å². The van der Waals surface area contributed by atoms with Crippen LogP contribution in [0.15, 0.2) is 53.4 Å². The number of carbonyl (C=O) groups excluding carboxylic acids is 3. The summed E-state index contributed by atoms with van der Waals surface area (Å²) in [6, 6.07) is 13.0. The van der Waals surface area contributed by atoms with E-state index < -0.39 is 45.8 Å². The Balaban J connectivity index is 1.71. The first-order valence-corrected chi connectivity index (χ1v) is 14.1. The average molecular weight is 509 g/mol. The van der Waals surface area contributed by atoms with E-state index in [0.717, 1.165) is 16.7 Å². The predicted molar refractivity (Wildman–Crippen MR) is 134 cm³/mol. The largest absolute Gasteiger partial charge is 0.299 e. The van der Waals surface area contributed by atoms with Gasteiger partial charge in [-0.2, -0.15) is 4.31 Å². The van der Waals surface area contributed by atoms with Gasteiger partial charge in [0.1, 0.15) is 5.78 Å². The number of likely N-dealkylation sites (tertiary alicyclic amines) is 1. The molecule has 3 fully saturated rings. The fourth-order valence-electron chi connectivity index (χ4n) is 6.69. The number of carbonyl (C=O) groups is 3. The van der Waals surface area contributed by atoms with Crippen LogP contribution in [0.2, 0.25) is 0 Å². The zero-order valence-electron chi connectivity index (χ0n) is 21.0. The van der Waals surface area contributed by atoms with Gasteiger partial charge in [0, 0.05) is 24.9 Å². The number of ketones is 1. The van der Waals surface area contributed by atoms with E-state index in [1.165, 1.54) is 9.21 Å². The maximum atomic E-state index is 14.2. The summed E-state index contributed by atoms with van der Waals surface area (Å²) < 4.78 is 29.9. The number of nitrogens with zero attached hydrogens (tertiary/aromatic N) is 2. The van der Waals surface area contributed by atoms with Crippen LogP contribution in [0.5, 0.6) is 0 Å². The molecule has 2 saturated heterocycles. The molecule has 6 atom stereocenters. The number of amides is 2. The van der Waals surface area contributed by atoms with E-state index >= 15 is 0 Å². The van der Waals surface area contributed by atoms with Crippen LogP contribution in [0.1, 0.15) is 49.4 Å². The molecule has 2 aromatic carbocycles. The Morgan fingerprint density at radius 1 is 0.833 bits per heavy atom. The smallest absolute Gasteiger partial charge is 0.243 e. The zero-order valence-corrected chi connectivity index (χ0v) is 21.9. The van der Waals surface area contributed by atoms with Crippen LogP contribution in [0.25, 0.3) is 0 Å². The molecule has 2 aromatic rings.